The standard InChI is InChI=1S/C19H30N4O3/c1-3-5-6-11-20-16-7-8-17(21-14-16)18(24)22-15-9-12-23(13-10-15)19(25)26-4-2/h7-8,14-15,20H,3-6,9-13H2,1-2H3,(H,22,24). The van der Waals surface area contributed by atoms with Crippen molar-refractivity contribution in [2.75, 3.05) is 31.6 Å². The second-order valence-corrected chi connectivity index (χ2v) is 6.50. The van der Waals surface area contributed by atoms with Crippen LogP contribution in [0.5, 0.6) is 0 Å². The van der Waals surface area contributed by atoms with Crippen LogP contribution in [-0.2, 0) is 4.74 Å². The molecule has 2 heterocycles. The zero-order chi connectivity index (χ0) is 18.8. The number of unbranched alkanes of at least 4 members (excludes halogenated alkanes) is 2. The normalized spacial score (nSPS) is 14.8. The van der Waals surface area contributed by atoms with Gasteiger partial charge in [-0.1, -0.05) is 19.8 Å². The van der Waals surface area contributed by atoms with Crippen molar-refractivity contribution in [2.24, 2.45) is 0 Å². The third-order valence-corrected chi connectivity index (χ3v) is 4.46. The second kappa shape index (κ2) is 10.6. The van der Waals surface area contributed by atoms with E-state index in [0.29, 0.717) is 25.4 Å². The third-order valence-electron chi connectivity index (χ3n) is 4.46. The molecule has 1 aromatic heterocycles. The van der Waals surface area contributed by atoms with Crippen molar-refractivity contribution in [3.8, 4) is 0 Å². The Kier molecular flexibility index (Phi) is 8.18. The van der Waals surface area contributed by atoms with Crippen LogP contribution in [0.3, 0.4) is 0 Å². The maximum absolute atomic E-state index is 12.3. The van der Waals surface area contributed by atoms with E-state index in [9.17, 15) is 9.59 Å². The molecule has 1 fully saturated rings. The van der Waals surface area contributed by atoms with Gasteiger partial charge in [0.15, 0.2) is 0 Å². The number of anilines is 1. The van der Waals surface area contributed by atoms with Crippen molar-refractivity contribution in [2.45, 2.75) is 52.0 Å². The lowest BCUT2D eigenvalue weighted by atomic mass is 10.1. The molecule has 0 saturated carbocycles. The van der Waals surface area contributed by atoms with Gasteiger partial charge in [0.1, 0.15) is 5.69 Å². The number of pyridine rings is 1. The Labute approximate surface area is 155 Å². The smallest absolute Gasteiger partial charge is 0.409 e. The molecule has 0 spiro atoms. The molecule has 1 aliphatic heterocycles. The van der Waals surface area contributed by atoms with Crippen LogP contribution < -0.4 is 10.6 Å². The van der Waals surface area contributed by atoms with Crippen LogP contribution in [0.15, 0.2) is 18.3 Å². The number of nitrogens with one attached hydrogen (secondary N) is 2. The minimum absolute atomic E-state index is 0.0572. The van der Waals surface area contributed by atoms with Gasteiger partial charge in [0.05, 0.1) is 18.5 Å². The average Bonchev–Trinajstić information content (AvgIpc) is 2.66. The summed E-state index contributed by atoms with van der Waals surface area (Å²) >= 11 is 0. The number of hydrogen-bond acceptors (Lipinski definition) is 5. The molecule has 0 atom stereocenters. The van der Waals surface area contributed by atoms with Crippen molar-refractivity contribution >= 4 is 17.7 Å². The van der Waals surface area contributed by atoms with E-state index in [1.165, 1.54) is 12.8 Å². The first-order valence-electron chi connectivity index (χ1n) is 9.56. The fraction of sp³-hybridized carbons (Fsp3) is 0.632. The highest BCUT2D eigenvalue weighted by molar-refractivity contribution is 5.92. The minimum atomic E-state index is -0.277. The lowest BCUT2D eigenvalue weighted by Crippen LogP contribution is -2.46. The van der Waals surface area contributed by atoms with Crippen LogP contribution in [0.25, 0.3) is 0 Å². The van der Waals surface area contributed by atoms with E-state index in [1.54, 1.807) is 24.1 Å². The number of rotatable bonds is 8. The molecule has 0 aliphatic carbocycles. The van der Waals surface area contributed by atoms with Crippen molar-refractivity contribution in [1.82, 2.24) is 15.2 Å². The number of piperidine rings is 1. The summed E-state index contributed by atoms with van der Waals surface area (Å²) in [6.07, 6.45) is 6.39. The quantitative estimate of drug-likeness (QED) is 0.695. The molecule has 2 amide bonds. The fourth-order valence-corrected chi connectivity index (χ4v) is 2.92. The van der Waals surface area contributed by atoms with Crippen LogP contribution in [0.2, 0.25) is 0 Å². The number of ether oxygens (including phenoxy) is 1. The summed E-state index contributed by atoms with van der Waals surface area (Å²) in [6.45, 7) is 6.46. The molecular weight excluding hydrogens is 332 g/mol. The Bertz CT molecular complexity index is 569. The van der Waals surface area contributed by atoms with E-state index in [4.69, 9.17) is 4.74 Å². The molecule has 0 aromatic carbocycles. The average molecular weight is 362 g/mol. The predicted molar refractivity (Wildman–Crippen MR) is 101 cm³/mol. The van der Waals surface area contributed by atoms with Gasteiger partial charge in [-0.25, -0.2) is 9.78 Å². The largest absolute Gasteiger partial charge is 0.450 e. The molecule has 7 heteroatoms. The number of likely N-dealkylation sites (tertiary alicyclic amines) is 1. The van der Waals surface area contributed by atoms with Gasteiger partial charge in [0, 0.05) is 25.7 Å². The van der Waals surface area contributed by atoms with Gasteiger partial charge < -0.3 is 20.3 Å². The predicted octanol–water partition coefficient (Wildman–Crippen LogP) is 3.03. The Morgan fingerprint density at radius 1 is 1.23 bits per heavy atom. The Balaban J connectivity index is 1.75. The van der Waals surface area contributed by atoms with Crippen LogP contribution in [-0.4, -0.2) is 54.2 Å². The minimum Gasteiger partial charge on any atom is -0.450 e. The van der Waals surface area contributed by atoms with Crippen LogP contribution in [0, 0.1) is 0 Å². The van der Waals surface area contributed by atoms with E-state index in [-0.39, 0.29) is 18.0 Å². The van der Waals surface area contributed by atoms with E-state index < -0.39 is 0 Å². The molecule has 26 heavy (non-hydrogen) atoms. The van der Waals surface area contributed by atoms with Crippen molar-refractivity contribution in [1.29, 1.82) is 0 Å². The van der Waals surface area contributed by atoms with Gasteiger partial charge in [-0.15, -0.1) is 0 Å². The van der Waals surface area contributed by atoms with E-state index in [1.807, 2.05) is 6.07 Å². The van der Waals surface area contributed by atoms with E-state index in [2.05, 4.69) is 22.5 Å². The number of carbonyl (C=O) groups is 2. The number of amides is 2. The van der Waals surface area contributed by atoms with E-state index in [0.717, 1.165) is 31.5 Å². The molecule has 144 valence electrons. The summed E-state index contributed by atoms with van der Waals surface area (Å²) in [5, 5.41) is 6.31. The van der Waals surface area contributed by atoms with Gasteiger partial charge in [-0.05, 0) is 38.3 Å². The summed E-state index contributed by atoms with van der Waals surface area (Å²) in [7, 11) is 0. The van der Waals surface area contributed by atoms with Gasteiger partial charge in [-0.2, -0.15) is 0 Å². The molecule has 2 N–H and O–H groups in total. The van der Waals surface area contributed by atoms with Crippen LogP contribution >= 0.6 is 0 Å². The van der Waals surface area contributed by atoms with Crippen LogP contribution in [0.4, 0.5) is 10.5 Å². The molecule has 7 nitrogen and oxygen atoms in total. The van der Waals surface area contributed by atoms with Crippen LogP contribution in [0.1, 0.15) is 56.4 Å². The molecule has 0 unspecified atom stereocenters. The molecular formula is C19H30N4O3. The first-order valence-corrected chi connectivity index (χ1v) is 9.56. The maximum atomic E-state index is 12.3. The highest BCUT2D eigenvalue weighted by Gasteiger charge is 2.25. The summed E-state index contributed by atoms with van der Waals surface area (Å²) in [5.74, 6) is -0.169. The lowest BCUT2D eigenvalue weighted by molar-refractivity contribution is 0.0856. The fourth-order valence-electron chi connectivity index (χ4n) is 2.92. The Morgan fingerprint density at radius 3 is 2.62 bits per heavy atom. The SMILES string of the molecule is CCCCCNc1ccc(C(=O)NC2CCN(C(=O)OCC)CC2)nc1. The molecule has 0 bridgehead atoms. The van der Waals surface area contributed by atoms with Gasteiger partial charge in [0.25, 0.3) is 5.91 Å². The molecule has 1 saturated heterocycles. The first-order chi connectivity index (χ1) is 12.6. The monoisotopic (exact) mass is 362 g/mol. The topological polar surface area (TPSA) is 83.6 Å². The maximum Gasteiger partial charge on any atom is 0.409 e. The molecule has 1 aliphatic rings. The number of carbonyl (C=O) groups excluding carboxylic acids is 2. The zero-order valence-corrected chi connectivity index (χ0v) is 15.8. The van der Waals surface area contributed by atoms with Crippen molar-refractivity contribution < 1.29 is 14.3 Å². The van der Waals surface area contributed by atoms with Gasteiger partial charge in [-0.3, -0.25) is 4.79 Å². The van der Waals surface area contributed by atoms with Gasteiger partial charge in [0.2, 0.25) is 0 Å². The van der Waals surface area contributed by atoms with Crippen molar-refractivity contribution in [3.63, 3.8) is 0 Å². The summed E-state index contributed by atoms with van der Waals surface area (Å²) in [5.41, 5.74) is 1.34. The number of aromatic nitrogens is 1. The first kappa shape index (κ1) is 20.0. The lowest BCUT2D eigenvalue weighted by Gasteiger charge is -2.31. The number of nitrogens with zero attached hydrogens (tertiary/aromatic N) is 2. The third kappa shape index (κ3) is 6.20. The van der Waals surface area contributed by atoms with Gasteiger partial charge >= 0.3 is 6.09 Å². The number of hydrogen-bond donors (Lipinski definition) is 2. The summed E-state index contributed by atoms with van der Waals surface area (Å²) in [4.78, 5) is 30.0. The highest BCUT2D eigenvalue weighted by Crippen LogP contribution is 2.13. The second-order valence-electron chi connectivity index (χ2n) is 6.50. The van der Waals surface area contributed by atoms with Crippen molar-refractivity contribution in [3.05, 3.63) is 24.0 Å². The Hall–Kier alpha value is -2.31. The summed E-state index contributed by atoms with van der Waals surface area (Å²) < 4.78 is 5.00. The Morgan fingerprint density at radius 2 is 2.00 bits per heavy atom. The highest BCUT2D eigenvalue weighted by atomic mass is 16.6. The molecule has 1 aromatic rings. The van der Waals surface area contributed by atoms with E-state index >= 15 is 0 Å². The molecule has 2 rings (SSSR count). The zero-order valence-electron chi connectivity index (χ0n) is 15.8. The molecule has 0 radical (unpaired) electrons. The summed E-state index contributed by atoms with van der Waals surface area (Å²) in [6, 6.07) is 3.68.